The number of nitrogens with one attached hydrogen (secondary N) is 1. The number of aromatic nitrogens is 2. The van der Waals surface area contributed by atoms with Crippen LogP contribution in [0.15, 0.2) is 65.1 Å². The van der Waals surface area contributed by atoms with E-state index in [1.54, 1.807) is 31.2 Å². The second-order valence-corrected chi connectivity index (χ2v) is 8.06. The van der Waals surface area contributed by atoms with Crippen molar-refractivity contribution in [3.8, 4) is 0 Å². The van der Waals surface area contributed by atoms with Gasteiger partial charge in [0.25, 0.3) is 11.2 Å². The van der Waals surface area contributed by atoms with Gasteiger partial charge in [-0.2, -0.15) is 0 Å². The zero-order valence-corrected chi connectivity index (χ0v) is 17.4. The van der Waals surface area contributed by atoms with E-state index in [4.69, 9.17) is 11.6 Å². The average Bonchev–Trinajstić information content (AvgIpc) is 2.71. The number of rotatable bonds is 7. The number of nitrogens with zero attached hydrogens (tertiary/aromatic N) is 3. The fourth-order valence-corrected chi connectivity index (χ4v) is 3.76. The first-order chi connectivity index (χ1) is 14.3. The number of fused-ring (bicyclic) bond motifs is 1. The van der Waals surface area contributed by atoms with E-state index in [-0.39, 0.29) is 23.7 Å². The molecule has 3 aromatic rings. The Labute approximate surface area is 180 Å². The SMILES string of the molecule is C=CCn1c(SC(C)C(=O)Nc2ccc([N+](=O)[O-])cc2)nc2cc(Cl)ccc2c1=O. The number of thioether (sulfide) groups is 1. The van der Waals surface area contributed by atoms with Crippen molar-refractivity contribution in [3.05, 3.63) is 80.6 Å². The average molecular weight is 445 g/mol. The molecule has 154 valence electrons. The fraction of sp³-hybridized carbons (Fsp3) is 0.150. The molecule has 3 rings (SSSR count). The third-order valence-electron chi connectivity index (χ3n) is 4.19. The third kappa shape index (κ3) is 4.69. The van der Waals surface area contributed by atoms with Crippen molar-refractivity contribution in [1.82, 2.24) is 9.55 Å². The number of carbonyl (C=O) groups is 1. The van der Waals surface area contributed by atoms with Crippen molar-refractivity contribution in [2.45, 2.75) is 23.9 Å². The van der Waals surface area contributed by atoms with Gasteiger partial charge in [0.05, 0.1) is 21.1 Å². The van der Waals surface area contributed by atoms with Gasteiger partial charge in [0.15, 0.2) is 5.16 Å². The third-order valence-corrected chi connectivity index (χ3v) is 5.52. The van der Waals surface area contributed by atoms with E-state index in [1.807, 2.05) is 0 Å². The summed E-state index contributed by atoms with van der Waals surface area (Å²) in [6, 6.07) is 10.4. The van der Waals surface area contributed by atoms with Crippen LogP contribution >= 0.6 is 23.4 Å². The summed E-state index contributed by atoms with van der Waals surface area (Å²) in [6.07, 6.45) is 1.58. The van der Waals surface area contributed by atoms with Crippen LogP contribution in [0.3, 0.4) is 0 Å². The number of nitro groups is 1. The summed E-state index contributed by atoms with van der Waals surface area (Å²) in [7, 11) is 0. The summed E-state index contributed by atoms with van der Waals surface area (Å²) < 4.78 is 1.45. The number of halogens is 1. The van der Waals surface area contributed by atoms with Crippen molar-refractivity contribution < 1.29 is 9.72 Å². The number of benzene rings is 2. The monoisotopic (exact) mass is 444 g/mol. The minimum Gasteiger partial charge on any atom is -0.325 e. The van der Waals surface area contributed by atoms with Gasteiger partial charge in [0.2, 0.25) is 5.91 Å². The Balaban J connectivity index is 1.85. The van der Waals surface area contributed by atoms with Crippen LogP contribution in [0, 0.1) is 10.1 Å². The van der Waals surface area contributed by atoms with Gasteiger partial charge in [-0.05, 0) is 37.3 Å². The van der Waals surface area contributed by atoms with Crippen LogP contribution in [0.4, 0.5) is 11.4 Å². The van der Waals surface area contributed by atoms with Crippen LogP contribution in [0.5, 0.6) is 0 Å². The summed E-state index contributed by atoms with van der Waals surface area (Å²) in [6.45, 7) is 5.59. The summed E-state index contributed by atoms with van der Waals surface area (Å²) in [5.74, 6) is -0.334. The van der Waals surface area contributed by atoms with Crippen LogP contribution in [-0.2, 0) is 11.3 Å². The molecule has 1 N–H and O–H groups in total. The smallest absolute Gasteiger partial charge is 0.269 e. The van der Waals surface area contributed by atoms with E-state index in [0.29, 0.717) is 26.8 Å². The minimum absolute atomic E-state index is 0.0668. The van der Waals surface area contributed by atoms with E-state index in [1.165, 1.54) is 28.8 Å². The number of non-ortho nitro benzene ring substituents is 1. The Morgan fingerprint density at radius 3 is 2.70 bits per heavy atom. The van der Waals surface area contributed by atoms with Gasteiger partial charge in [-0.1, -0.05) is 29.4 Å². The predicted molar refractivity (Wildman–Crippen MR) is 118 cm³/mol. The van der Waals surface area contributed by atoms with E-state index < -0.39 is 10.2 Å². The second-order valence-electron chi connectivity index (χ2n) is 6.31. The molecule has 0 spiro atoms. The number of carbonyl (C=O) groups excluding carboxylic acids is 1. The van der Waals surface area contributed by atoms with Gasteiger partial charge in [0, 0.05) is 29.4 Å². The number of anilines is 1. The van der Waals surface area contributed by atoms with Gasteiger partial charge < -0.3 is 5.32 Å². The van der Waals surface area contributed by atoms with E-state index in [0.717, 1.165) is 11.8 Å². The largest absolute Gasteiger partial charge is 0.325 e. The molecule has 1 aromatic heterocycles. The minimum atomic E-state index is -0.597. The summed E-state index contributed by atoms with van der Waals surface area (Å²) in [5.41, 5.74) is 0.558. The molecule has 1 heterocycles. The molecule has 8 nitrogen and oxygen atoms in total. The Hall–Kier alpha value is -3.17. The Kier molecular flexibility index (Phi) is 6.53. The molecule has 1 unspecified atom stereocenters. The molecule has 30 heavy (non-hydrogen) atoms. The van der Waals surface area contributed by atoms with Crippen molar-refractivity contribution in [1.29, 1.82) is 0 Å². The van der Waals surface area contributed by atoms with Gasteiger partial charge >= 0.3 is 0 Å². The number of allylic oxidation sites excluding steroid dienone is 1. The lowest BCUT2D eigenvalue weighted by molar-refractivity contribution is -0.384. The van der Waals surface area contributed by atoms with Crippen LogP contribution in [0.1, 0.15) is 6.92 Å². The normalized spacial score (nSPS) is 11.8. The van der Waals surface area contributed by atoms with Crippen molar-refractivity contribution >= 4 is 51.5 Å². The van der Waals surface area contributed by atoms with Crippen molar-refractivity contribution in [2.24, 2.45) is 0 Å². The summed E-state index contributed by atoms with van der Waals surface area (Å²) in [4.78, 5) is 40.2. The van der Waals surface area contributed by atoms with Crippen LogP contribution in [0.25, 0.3) is 10.9 Å². The molecular formula is C20H17ClN4O4S. The zero-order valence-electron chi connectivity index (χ0n) is 15.9. The second kappa shape index (κ2) is 9.10. The lowest BCUT2D eigenvalue weighted by Crippen LogP contribution is -2.26. The summed E-state index contributed by atoms with van der Waals surface area (Å²) >= 11 is 7.14. The molecular weight excluding hydrogens is 428 g/mol. The predicted octanol–water partition coefficient (Wildman–Crippen LogP) is 4.26. The van der Waals surface area contributed by atoms with Gasteiger partial charge in [0.1, 0.15) is 0 Å². The first-order valence-corrected chi connectivity index (χ1v) is 10.1. The maximum atomic E-state index is 12.8. The molecule has 0 fully saturated rings. The molecule has 0 aliphatic heterocycles. The lowest BCUT2D eigenvalue weighted by atomic mass is 10.2. The maximum absolute atomic E-state index is 12.8. The Morgan fingerprint density at radius 1 is 1.37 bits per heavy atom. The number of nitro benzene ring substituents is 1. The van der Waals surface area contributed by atoms with Crippen LogP contribution < -0.4 is 10.9 Å². The van der Waals surface area contributed by atoms with E-state index >= 15 is 0 Å². The summed E-state index contributed by atoms with van der Waals surface area (Å²) in [5, 5.41) is 14.1. The molecule has 1 atom stereocenters. The lowest BCUT2D eigenvalue weighted by Gasteiger charge is -2.15. The van der Waals surface area contributed by atoms with Gasteiger partial charge in [-0.25, -0.2) is 4.98 Å². The highest BCUT2D eigenvalue weighted by atomic mass is 35.5. The molecule has 1 amide bonds. The van der Waals surface area contributed by atoms with Crippen molar-refractivity contribution in [2.75, 3.05) is 5.32 Å². The van der Waals surface area contributed by atoms with Gasteiger partial charge in [-0.15, -0.1) is 6.58 Å². The van der Waals surface area contributed by atoms with Crippen LogP contribution in [-0.4, -0.2) is 25.6 Å². The number of hydrogen-bond donors (Lipinski definition) is 1. The van der Waals surface area contributed by atoms with E-state index in [2.05, 4.69) is 16.9 Å². The highest BCUT2D eigenvalue weighted by molar-refractivity contribution is 8.00. The Bertz CT molecular complexity index is 1190. The highest BCUT2D eigenvalue weighted by Gasteiger charge is 2.20. The molecule has 0 saturated heterocycles. The number of amides is 1. The topological polar surface area (TPSA) is 107 Å². The fourth-order valence-electron chi connectivity index (χ4n) is 2.68. The molecule has 0 saturated carbocycles. The molecule has 2 aromatic carbocycles. The van der Waals surface area contributed by atoms with E-state index in [9.17, 15) is 19.7 Å². The Morgan fingerprint density at radius 2 is 2.07 bits per heavy atom. The maximum Gasteiger partial charge on any atom is 0.269 e. The highest BCUT2D eigenvalue weighted by Crippen LogP contribution is 2.25. The molecule has 0 aliphatic carbocycles. The standard InChI is InChI=1S/C20H17ClN4O4S/c1-3-10-24-19(27)16-9-4-13(21)11-17(16)23-20(24)30-12(2)18(26)22-14-5-7-15(8-6-14)25(28)29/h3-9,11-12H,1,10H2,2H3,(H,22,26). The first-order valence-electron chi connectivity index (χ1n) is 8.83. The first kappa shape index (κ1) is 21.5. The zero-order chi connectivity index (χ0) is 21.8. The van der Waals surface area contributed by atoms with Crippen molar-refractivity contribution in [3.63, 3.8) is 0 Å². The molecule has 10 heteroatoms. The van der Waals surface area contributed by atoms with Crippen LogP contribution in [0.2, 0.25) is 5.02 Å². The molecule has 0 radical (unpaired) electrons. The molecule has 0 bridgehead atoms. The van der Waals surface area contributed by atoms with Gasteiger partial charge in [-0.3, -0.25) is 24.3 Å². The quantitative estimate of drug-likeness (QED) is 0.192. The number of hydrogen-bond acceptors (Lipinski definition) is 6. The molecule has 0 aliphatic rings.